The van der Waals surface area contributed by atoms with E-state index in [9.17, 15) is 4.79 Å². The van der Waals surface area contributed by atoms with Crippen molar-refractivity contribution in [2.75, 3.05) is 25.0 Å². The molecule has 5 nitrogen and oxygen atoms in total. The van der Waals surface area contributed by atoms with E-state index in [-0.39, 0.29) is 5.91 Å². The first-order chi connectivity index (χ1) is 12.6. The summed E-state index contributed by atoms with van der Waals surface area (Å²) in [6, 6.07) is 8.43. The Morgan fingerprint density at radius 1 is 1.35 bits per heavy atom. The molecule has 6 heteroatoms. The van der Waals surface area contributed by atoms with Gasteiger partial charge in [0.1, 0.15) is 0 Å². The Labute approximate surface area is 156 Å². The van der Waals surface area contributed by atoms with Crippen molar-refractivity contribution in [2.45, 2.75) is 20.3 Å². The molecule has 1 amide bonds. The Morgan fingerprint density at radius 2 is 2.19 bits per heavy atom. The Kier molecular flexibility index (Phi) is 4.61. The average molecular weight is 366 g/mol. The number of para-hydroxylation sites is 1. The smallest absolute Gasteiger partial charge is 0.240 e. The number of hydrogen-bond acceptors (Lipinski definition) is 4. The molecule has 2 N–H and O–H groups in total. The maximum atomic E-state index is 12.2. The normalized spacial score (nSPS) is 15.2. The number of nitrogens with zero attached hydrogens (tertiary/aromatic N) is 2. The number of anilines is 1. The molecule has 1 aliphatic heterocycles. The molecular weight excluding hydrogens is 344 g/mol. The molecule has 1 aromatic carbocycles. The van der Waals surface area contributed by atoms with Crippen molar-refractivity contribution >= 4 is 38.9 Å². The number of rotatable bonds is 4. The van der Waals surface area contributed by atoms with Gasteiger partial charge in [-0.3, -0.25) is 9.69 Å². The highest BCUT2D eigenvalue weighted by atomic mass is 32.1. The highest BCUT2D eigenvalue weighted by Gasteiger charge is 2.19. The zero-order valence-electron chi connectivity index (χ0n) is 15.0. The third-order valence-corrected chi connectivity index (χ3v) is 5.62. The molecular formula is C20H22N4OS. The summed E-state index contributed by atoms with van der Waals surface area (Å²) < 4.78 is 0. The summed E-state index contributed by atoms with van der Waals surface area (Å²) in [5, 5.41) is 6.78. The molecule has 0 saturated carbocycles. The number of nitrogens with one attached hydrogen (secondary N) is 2. The van der Waals surface area contributed by atoms with E-state index in [1.54, 1.807) is 0 Å². The Hall–Kier alpha value is -2.44. The largest absolute Gasteiger partial charge is 0.358 e. The van der Waals surface area contributed by atoms with Gasteiger partial charge in [-0.25, -0.2) is 4.98 Å². The minimum atomic E-state index is -0.000486. The van der Waals surface area contributed by atoms with Gasteiger partial charge in [-0.2, -0.15) is 0 Å². The van der Waals surface area contributed by atoms with E-state index in [1.165, 1.54) is 39.1 Å². The van der Waals surface area contributed by atoms with Gasteiger partial charge in [0, 0.05) is 40.6 Å². The van der Waals surface area contributed by atoms with E-state index in [2.05, 4.69) is 57.4 Å². The molecule has 0 aliphatic carbocycles. The third-order valence-electron chi connectivity index (χ3n) is 4.74. The molecule has 0 unspecified atom stereocenters. The van der Waals surface area contributed by atoms with Gasteiger partial charge in [0.25, 0.3) is 0 Å². The maximum absolute atomic E-state index is 12.2. The molecule has 3 aromatic rings. The molecule has 0 bridgehead atoms. The molecule has 2 aromatic heterocycles. The van der Waals surface area contributed by atoms with Crippen molar-refractivity contribution < 1.29 is 4.79 Å². The quantitative estimate of drug-likeness (QED) is 0.734. The van der Waals surface area contributed by atoms with Crippen LogP contribution in [0.25, 0.3) is 16.5 Å². The average Bonchev–Trinajstić information content (AvgIpc) is 3.17. The molecule has 0 atom stereocenters. The van der Waals surface area contributed by atoms with Crippen LogP contribution in [0.3, 0.4) is 0 Å². The number of carbonyl (C=O) groups is 1. The number of fused-ring (bicyclic) bond motifs is 1. The summed E-state index contributed by atoms with van der Waals surface area (Å²) in [4.78, 5) is 22.1. The molecule has 3 heterocycles. The lowest BCUT2D eigenvalue weighted by atomic mass is 9.97. The summed E-state index contributed by atoms with van der Waals surface area (Å²) in [6.07, 6.45) is 3.21. The summed E-state index contributed by atoms with van der Waals surface area (Å²) >= 11 is 1.46. The highest BCUT2D eigenvalue weighted by Crippen LogP contribution is 2.32. The van der Waals surface area contributed by atoms with Crippen LogP contribution in [0.1, 0.15) is 23.4 Å². The maximum Gasteiger partial charge on any atom is 0.240 e. The highest BCUT2D eigenvalue weighted by molar-refractivity contribution is 7.13. The third kappa shape index (κ3) is 3.43. The minimum absolute atomic E-state index is 0.000486. The topological polar surface area (TPSA) is 61.0 Å². The van der Waals surface area contributed by atoms with Gasteiger partial charge in [0.15, 0.2) is 5.13 Å². The van der Waals surface area contributed by atoms with Gasteiger partial charge < -0.3 is 10.3 Å². The second-order valence-corrected chi connectivity index (χ2v) is 7.59. The fourth-order valence-electron chi connectivity index (χ4n) is 3.55. The van der Waals surface area contributed by atoms with E-state index >= 15 is 0 Å². The van der Waals surface area contributed by atoms with Crippen molar-refractivity contribution in [3.05, 3.63) is 52.7 Å². The number of benzene rings is 1. The number of thiazole rings is 1. The van der Waals surface area contributed by atoms with Gasteiger partial charge in [-0.05, 0) is 31.9 Å². The van der Waals surface area contributed by atoms with Crippen molar-refractivity contribution in [1.82, 2.24) is 14.9 Å². The zero-order valence-corrected chi connectivity index (χ0v) is 15.8. The second kappa shape index (κ2) is 7.05. The molecule has 4 rings (SSSR count). The van der Waals surface area contributed by atoms with Gasteiger partial charge in [-0.15, -0.1) is 11.3 Å². The summed E-state index contributed by atoms with van der Waals surface area (Å²) in [5.74, 6) is -0.000486. The Morgan fingerprint density at radius 3 is 2.92 bits per heavy atom. The van der Waals surface area contributed by atoms with Crippen LogP contribution in [0.2, 0.25) is 0 Å². The van der Waals surface area contributed by atoms with E-state index in [4.69, 9.17) is 0 Å². The SMILES string of the molecule is Cc1csc(NC(=O)CN2CC=C(c3c(C)[nH]c4ccccc34)CC2)n1. The van der Waals surface area contributed by atoms with Crippen molar-refractivity contribution in [3.8, 4) is 0 Å². The van der Waals surface area contributed by atoms with Gasteiger partial charge in [-0.1, -0.05) is 24.3 Å². The predicted molar refractivity (Wildman–Crippen MR) is 108 cm³/mol. The standard InChI is InChI=1S/C20H22N4OS/c1-13-12-26-20(21-13)23-18(25)11-24-9-7-15(8-10-24)19-14(2)22-17-6-4-3-5-16(17)19/h3-7,12,22H,8-11H2,1-2H3,(H,21,23,25). The van der Waals surface area contributed by atoms with Crippen molar-refractivity contribution in [2.24, 2.45) is 0 Å². The van der Waals surface area contributed by atoms with Crippen LogP contribution in [0.5, 0.6) is 0 Å². The van der Waals surface area contributed by atoms with Crippen LogP contribution >= 0.6 is 11.3 Å². The lowest BCUT2D eigenvalue weighted by molar-refractivity contribution is -0.117. The zero-order chi connectivity index (χ0) is 18.1. The van der Waals surface area contributed by atoms with E-state index < -0.39 is 0 Å². The first kappa shape index (κ1) is 17.0. The summed E-state index contributed by atoms with van der Waals surface area (Å²) in [7, 11) is 0. The molecule has 26 heavy (non-hydrogen) atoms. The van der Waals surface area contributed by atoms with E-state index in [0.717, 1.165) is 25.2 Å². The number of aromatic amines is 1. The number of carbonyl (C=O) groups excluding carboxylic acids is 1. The monoisotopic (exact) mass is 366 g/mol. The van der Waals surface area contributed by atoms with Gasteiger partial charge in [0.2, 0.25) is 5.91 Å². The van der Waals surface area contributed by atoms with Crippen molar-refractivity contribution in [3.63, 3.8) is 0 Å². The van der Waals surface area contributed by atoms with Crippen molar-refractivity contribution in [1.29, 1.82) is 0 Å². The second-order valence-electron chi connectivity index (χ2n) is 6.73. The Bertz CT molecular complexity index is 985. The molecule has 0 fully saturated rings. The Balaban J connectivity index is 1.43. The fourth-order valence-corrected chi connectivity index (χ4v) is 4.25. The molecule has 134 valence electrons. The number of H-pyrrole nitrogens is 1. The number of hydrogen-bond donors (Lipinski definition) is 2. The predicted octanol–water partition coefficient (Wildman–Crippen LogP) is 3.97. The van der Waals surface area contributed by atoms with Gasteiger partial charge in [0.05, 0.1) is 12.2 Å². The number of amides is 1. The lowest BCUT2D eigenvalue weighted by Gasteiger charge is -2.25. The fraction of sp³-hybridized carbons (Fsp3) is 0.300. The lowest BCUT2D eigenvalue weighted by Crippen LogP contribution is -2.36. The van der Waals surface area contributed by atoms with Crippen LogP contribution in [0.15, 0.2) is 35.7 Å². The molecule has 1 aliphatic rings. The van der Waals surface area contributed by atoms with Gasteiger partial charge >= 0.3 is 0 Å². The summed E-state index contributed by atoms with van der Waals surface area (Å²) in [5.41, 5.74) is 6.02. The number of aromatic nitrogens is 2. The van der Waals surface area contributed by atoms with E-state index in [0.29, 0.717) is 11.7 Å². The first-order valence-corrected chi connectivity index (χ1v) is 9.69. The van der Waals surface area contributed by atoms with Crippen LogP contribution in [0, 0.1) is 13.8 Å². The molecule has 0 saturated heterocycles. The van der Waals surface area contributed by atoms with Crippen LogP contribution < -0.4 is 5.32 Å². The van der Waals surface area contributed by atoms with E-state index in [1.807, 2.05) is 12.3 Å². The van der Waals surface area contributed by atoms with Crippen LogP contribution in [0.4, 0.5) is 5.13 Å². The summed E-state index contributed by atoms with van der Waals surface area (Å²) in [6.45, 7) is 6.13. The molecule has 0 radical (unpaired) electrons. The molecule has 0 spiro atoms. The van der Waals surface area contributed by atoms with Crippen LogP contribution in [-0.2, 0) is 4.79 Å². The first-order valence-electron chi connectivity index (χ1n) is 8.81. The van der Waals surface area contributed by atoms with Crippen LogP contribution in [-0.4, -0.2) is 40.4 Å². The number of aryl methyl sites for hydroxylation is 2. The minimum Gasteiger partial charge on any atom is -0.358 e.